The van der Waals surface area contributed by atoms with E-state index in [1.165, 1.54) is 12.7 Å². The highest BCUT2D eigenvalue weighted by atomic mass is 32.1. The molecule has 0 fully saturated rings. The monoisotopic (exact) mass is 324 g/mol. The van der Waals surface area contributed by atoms with Crippen LogP contribution in [0.2, 0.25) is 0 Å². The van der Waals surface area contributed by atoms with E-state index in [0.717, 1.165) is 21.8 Å². The average molecular weight is 324 g/mol. The molecule has 0 amide bonds. The number of esters is 1. The van der Waals surface area contributed by atoms with Crippen molar-refractivity contribution in [3.8, 4) is 16.9 Å². The van der Waals surface area contributed by atoms with E-state index in [1.54, 1.807) is 10.7 Å². The van der Waals surface area contributed by atoms with Crippen LogP contribution in [0.4, 0.5) is 0 Å². The largest absolute Gasteiger partial charge is 0.464 e. The van der Waals surface area contributed by atoms with E-state index < -0.39 is 5.97 Å². The molecule has 0 N–H and O–H groups in total. The molecule has 1 aromatic heterocycles. The number of hydrogen-bond acceptors (Lipinski definition) is 4. The van der Waals surface area contributed by atoms with Crippen molar-refractivity contribution in [2.24, 2.45) is 0 Å². The van der Waals surface area contributed by atoms with Crippen LogP contribution in [0, 0.1) is 6.92 Å². The van der Waals surface area contributed by atoms with Crippen molar-refractivity contribution in [2.75, 3.05) is 7.11 Å². The number of aromatic nitrogens is 2. The number of ether oxygens (including phenoxy) is 1. The average Bonchev–Trinajstić information content (AvgIpc) is 3.01. The minimum atomic E-state index is -0.456. The van der Waals surface area contributed by atoms with Crippen LogP contribution in [-0.4, -0.2) is 22.9 Å². The van der Waals surface area contributed by atoms with Crippen molar-refractivity contribution in [2.45, 2.75) is 11.8 Å². The normalized spacial score (nSPS) is 10.6. The zero-order valence-electron chi connectivity index (χ0n) is 12.9. The summed E-state index contributed by atoms with van der Waals surface area (Å²) in [6, 6.07) is 17.4. The Labute approximate surface area is 140 Å². The van der Waals surface area contributed by atoms with Crippen LogP contribution in [-0.2, 0) is 4.74 Å². The molecule has 23 heavy (non-hydrogen) atoms. The number of carbonyl (C=O) groups excluding carboxylic acids is 1. The molecular formula is C18H16N2O2S. The molecule has 4 nitrogen and oxygen atoms in total. The van der Waals surface area contributed by atoms with Gasteiger partial charge in [0.15, 0.2) is 5.69 Å². The van der Waals surface area contributed by atoms with Crippen molar-refractivity contribution in [1.82, 2.24) is 9.78 Å². The fourth-order valence-electron chi connectivity index (χ4n) is 2.31. The lowest BCUT2D eigenvalue weighted by Crippen LogP contribution is -2.04. The fraction of sp³-hybridized carbons (Fsp3) is 0.111. The fourth-order valence-corrected chi connectivity index (χ4v) is 2.46. The molecule has 3 rings (SSSR count). The van der Waals surface area contributed by atoms with E-state index in [9.17, 15) is 4.79 Å². The Balaban J connectivity index is 2.16. The van der Waals surface area contributed by atoms with Crippen LogP contribution in [0.1, 0.15) is 16.1 Å². The lowest BCUT2D eigenvalue weighted by molar-refractivity contribution is 0.0593. The van der Waals surface area contributed by atoms with Crippen molar-refractivity contribution in [3.63, 3.8) is 0 Å². The van der Waals surface area contributed by atoms with Gasteiger partial charge >= 0.3 is 5.97 Å². The first-order valence-electron chi connectivity index (χ1n) is 7.13. The summed E-state index contributed by atoms with van der Waals surface area (Å²) in [6.45, 7) is 2.03. The van der Waals surface area contributed by atoms with E-state index in [0.29, 0.717) is 0 Å². The molecule has 0 aliphatic rings. The predicted octanol–water partition coefficient (Wildman–Crippen LogP) is 3.92. The van der Waals surface area contributed by atoms with Crippen molar-refractivity contribution < 1.29 is 9.53 Å². The summed E-state index contributed by atoms with van der Waals surface area (Å²) in [5.74, 6) is -0.456. The van der Waals surface area contributed by atoms with Crippen LogP contribution >= 0.6 is 12.6 Å². The lowest BCUT2D eigenvalue weighted by Gasteiger charge is -2.08. The van der Waals surface area contributed by atoms with Gasteiger partial charge in [-0.3, -0.25) is 0 Å². The number of aryl methyl sites for hydroxylation is 1. The maximum absolute atomic E-state index is 11.8. The third-order valence-corrected chi connectivity index (χ3v) is 3.84. The Hall–Kier alpha value is -2.53. The molecule has 0 aliphatic carbocycles. The number of hydrogen-bond donors (Lipinski definition) is 1. The minimum Gasteiger partial charge on any atom is -0.464 e. The second-order valence-electron chi connectivity index (χ2n) is 5.20. The molecule has 0 radical (unpaired) electrons. The van der Waals surface area contributed by atoms with Gasteiger partial charge in [0.1, 0.15) is 0 Å². The van der Waals surface area contributed by atoms with Gasteiger partial charge in [-0.1, -0.05) is 29.8 Å². The Bertz CT molecular complexity index is 773. The van der Waals surface area contributed by atoms with E-state index >= 15 is 0 Å². The minimum absolute atomic E-state index is 0.276. The molecule has 0 atom stereocenters. The highest BCUT2D eigenvalue weighted by Crippen LogP contribution is 2.25. The number of carbonyl (C=O) groups is 1. The number of nitrogens with zero attached hydrogens (tertiary/aromatic N) is 2. The summed E-state index contributed by atoms with van der Waals surface area (Å²) < 4.78 is 6.53. The van der Waals surface area contributed by atoms with Gasteiger partial charge in [-0.05, 0) is 37.3 Å². The summed E-state index contributed by atoms with van der Waals surface area (Å²) in [5.41, 5.74) is 4.12. The van der Waals surface area contributed by atoms with Crippen molar-refractivity contribution in [3.05, 3.63) is 65.9 Å². The molecule has 0 spiro atoms. The van der Waals surface area contributed by atoms with Crippen LogP contribution in [0.3, 0.4) is 0 Å². The van der Waals surface area contributed by atoms with E-state index in [1.807, 2.05) is 55.5 Å². The second-order valence-corrected chi connectivity index (χ2v) is 5.72. The van der Waals surface area contributed by atoms with Crippen molar-refractivity contribution in [1.29, 1.82) is 0 Å². The van der Waals surface area contributed by atoms with Crippen LogP contribution < -0.4 is 0 Å². The molecule has 5 heteroatoms. The maximum Gasteiger partial charge on any atom is 0.358 e. The van der Waals surface area contributed by atoms with Crippen LogP contribution in [0.5, 0.6) is 0 Å². The van der Waals surface area contributed by atoms with Gasteiger partial charge in [-0.15, -0.1) is 12.6 Å². The number of thiol groups is 1. The molecule has 0 bridgehead atoms. The highest BCUT2D eigenvalue weighted by Gasteiger charge is 2.17. The van der Waals surface area contributed by atoms with E-state index in [-0.39, 0.29) is 5.69 Å². The van der Waals surface area contributed by atoms with E-state index in [2.05, 4.69) is 17.7 Å². The summed E-state index contributed by atoms with van der Waals surface area (Å²) in [7, 11) is 1.35. The number of rotatable bonds is 3. The smallest absolute Gasteiger partial charge is 0.358 e. The highest BCUT2D eigenvalue weighted by molar-refractivity contribution is 7.80. The lowest BCUT2D eigenvalue weighted by atomic mass is 10.1. The van der Waals surface area contributed by atoms with Crippen molar-refractivity contribution >= 4 is 18.6 Å². The van der Waals surface area contributed by atoms with Crippen LogP contribution in [0.25, 0.3) is 16.9 Å². The molecule has 1 heterocycles. The van der Waals surface area contributed by atoms with Gasteiger partial charge in [-0.25, -0.2) is 9.48 Å². The first-order valence-corrected chi connectivity index (χ1v) is 7.58. The van der Waals surface area contributed by atoms with E-state index in [4.69, 9.17) is 4.74 Å². The topological polar surface area (TPSA) is 44.1 Å². The predicted molar refractivity (Wildman–Crippen MR) is 92.3 cm³/mol. The Morgan fingerprint density at radius 2 is 1.74 bits per heavy atom. The molecule has 0 saturated heterocycles. The zero-order valence-corrected chi connectivity index (χ0v) is 13.7. The summed E-state index contributed by atoms with van der Waals surface area (Å²) >= 11 is 4.30. The second kappa shape index (κ2) is 6.30. The summed E-state index contributed by atoms with van der Waals surface area (Å²) in [5, 5.41) is 4.40. The Morgan fingerprint density at radius 1 is 1.09 bits per heavy atom. The maximum atomic E-state index is 11.8. The Kier molecular flexibility index (Phi) is 4.21. The van der Waals surface area contributed by atoms with Crippen LogP contribution in [0.15, 0.2) is 59.5 Å². The molecule has 0 saturated carbocycles. The summed E-state index contributed by atoms with van der Waals surface area (Å²) in [6.07, 6.45) is 0. The van der Waals surface area contributed by atoms with Gasteiger partial charge in [-0.2, -0.15) is 5.10 Å². The summed E-state index contributed by atoms with van der Waals surface area (Å²) in [4.78, 5) is 12.7. The molecule has 2 aromatic carbocycles. The molecular weight excluding hydrogens is 308 g/mol. The first kappa shape index (κ1) is 15.4. The zero-order chi connectivity index (χ0) is 16.4. The molecule has 3 aromatic rings. The molecule has 116 valence electrons. The number of methoxy groups -OCH3 is 1. The quantitative estimate of drug-likeness (QED) is 0.586. The van der Waals surface area contributed by atoms with Gasteiger partial charge < -0.3 is 4.74 Å². The Morgan fingerprint density at radius 3 is 2.35 bits per heavy atom. The van der Waals surface area contributed by atoms with Gasteiger partial charge in [0.25, 0.3) is 0 Å². The molecule has 0 unspecified atom stereocenters. The third-order valence-electron chi connectivity index (χ3n) is 3.55. The van der Waals surface area contributed by atoms with Gasteiger partial charge in [0.2, 0.25) is 0 Å². The van der Waals surface area contributed by atoms with Gasteiger partial charge in [0, 0.05) is 10.5 Å². The first-order chi connectivity index (χ1) is 11.1. The SMILES string of the molecule is COC(=O)c1cc(-c2ccc(C)cc2)n(-c2ccc(S)cc2)n1. The molecule has 0 aliphatic heterocycles. The third kappa shape index (κ3) is 3.14. The van der Waals surface area contributed by atoms with Gasteiger partial charge in [0.05, 0.1) is 18.5 Å². The number of benzene rings is 2. The standard InChI is InChI=1S/C18H16N2O2S/c1-12-3-5-13(6-4-12)17-11-16(18(21)22-2)19-20(17)14-7-9-15(23)10-8-14/h3-11,23H,1-2H3.